The van der Waals surface area contributed by atoms with Crippen molar-refractivity contribution in [3.05, 3.63) is 63.9 Å². The van der Waals surface area contributed by atoms with E-state index in [1.165, 1.54) is 24.0 Å². The zero-order valence-corrected chi connectivity index (χ0v) is 21.0. The van der Waals surface area contributed by atoms with E-state index in [4.69, 9.17) is 23.2 Å². The maximum Gasteiger partial charge on any atom is 0.244 e. The van der Waals surface area contributed by atoms with Crippen LogP contribution in [0.15, 0.2) is 42.5 Å². The van der Waals surface area contributed by atoms with Crippen molar-refractivity contribution in [3.8, 4) is 0 Å². The Bertz CT molecular complexity index is 1110. The molecule has 11 heteroatoms. The highest BCUT2D eigenvalue weighted by atomic mass is 35.5. The molecule has 33 heavy (non-hydrogen) atoms. The lowest BCUT2D eigenvalue weighted by molar-refractivity contribution is -0.139. The van der Waals surface area contributed by atoms with Crippen molar-refractivity contribution in [1.29, 1.82) is 0 Å². The summed E-state index contributed by atoms with van der Waals surface area (Å²) in [4.78, 5) is 27.3. The summed E-state index contributed by atoms with van der Waals surface area (Å²) in [6, 6.07) is 8.58. The fraction of sp³-hybridized carbons (Fsp3) is 0.364. The van der Waals surface area contributed by atoms with E-state index in [1.54, 1.807) is 32.0 Å². The molecule has 0 saturated carbocycles. The van der Waals surface area contributed by atoms with Crippen molar-refractivity contribution in [2.75, 3.05) is 17.1 Å². The molecule has 0 saturated heterocycles. The number of hydrogen-bond donors (Lipinski definition) is 1. The SMILES string of the molecule is CC(C)NC(=O)[C@H](C)N(Cc1c(Cl)cccc1Cl)C(=O)CN(c1cccc(F)c1)S(C)(=O)=O. The van der Waals surface area contributed by atoms with Crippen LogP contribution in [-0.4, -0.2) is 50.0 Å². The molecule has 1 N–H and O–H groups in total. The van der Waals surface area contributed by atoms with E-state index in [0.717, 1.165) is 22.7 Å². The molecule has 0 aliphatic carbocycles. The van der Waals surface area contributed by atoms with Crippen molar-refractivity contribution in [1.82, 2.24) is 10.2 Å². The van der Waals surface area contributed by atoms with Gasteiger partial charge in [0.15, 0.2) is 0 Å². The molecule has 2 aromatic rings. The van der Waals surface area contributed by atoms with Gasteiger partial charge in [0.2, 0.25) is 21.8 Å². The number of anilines is 1. The molecular formula is C22H26Cl2FN3O4S. The van der Waals surface area contributed by atoms with E-state index in [1.807, 2.05) is 0 Å². The van der Waals surface area contributed by atoms with Crippen LogP contribution in [0.4, 0.5) is 10.1 Å². The lowest BCUT2D eigenvalue weighted by Gasteiger charge is -2.32. The number of nitrogens with one attached hydrogen (secondary N) is 1. The second kappa shape index (κ2) is 11.2. The Morgan fingerprint density at radius 2 is 1.64 bits per heavy atom. The number of nitrogens with zero attached hydrogens (tertiary/aromatic N) is 2. The Labute approximate surface area is 203 Å². The molecular weight excluding hydrogens is 492 g/mol. The van der Waals surface area contributed by atoms with Crippen LogP contribution in [-0.2, 0) is 26.2 Å². The van der Waals surface area contributed by atoms with Gasteiger partial charge in [0, 0.05) is 28.2 Å². The highest BCUT2D eigenvalue weighted by Gasteiger charge is 2.31. The molecule has 2 amide bonds. The number of sulfonamides is 1. The molecule has 0 aromatic heterocycles. The Kier molecular flexibility index (Phi) is 9.11. The van der Waals surface area contributed by atoms with Crippen molar-refractivity contribution >= 4 is 50.7 Å². The minimum Gasteiger partial charge on any atom is -0.352 e. The average Bonchev–Trinajstić information content (AvgIpc) is 2.69. The van der Waals surface area contributed by atoms with Crippen LogP contribution < -0.4 is 9.62 Å². The zero-order chi connectivity index (χ0) is 24.9. The van der Waals surface area contributed by atoms with E-state index in [2.05, 4.69) is 5.32 Å². The molecule has 2 rings (SSSR count). The predicted octanol–water partition coefficient (Wildman–Crippen LogP) is 3.84. The van der Waals surface area contributed by atoms with E-state index >= 15 is 0 Å². The molecule has 0 unspecified atom stereocenters. The minimum atomic E-state index is -3.95. The molecule has 180 valence electrons. The number of carbonyl (C=O) groups excluding carboxylic acids is 2. The van der Waals surface area contributed by atoms with E-state index < -0.39 is 40.2 Å². The van der Waals surface area contributed by atoms with Gasteiger partial charge in [-0.25, -0.2) is 12.8 Å². The summed E-state index contributed by atoms with van der Waals surface area (Å²) in [7, 11) is -3.95. The summed E-state index contributed by atoms with van der Waals surface area (Å²) in [6.07, 6.45) is 0.912. The molecule has 0 bridgehead atoms. The molecule has 0 radical (unpaired) electrons. The third kappa shape index (κ3) is 7.31. The number of amides is 2. The van der Waals surface area contributed by atoms with Crippen LogP contribution in [0.1, 0.15) is 26.3 Å². The van der Waals surface area contributed by atoms with Crippen LogP contribution in [0.25, 0.3) is 0 Å². The van der Waals surface area contributed by atoms with Gasteiger partial charge in [-0.3, -0.25) is 13.9 Å². The van der Waals surface area contributed by atoms with E-state index in [9.17, 15) is 22.4 Å². The van der Waals surface area contributed by atoms with Crippen LogP contribution in [0, 0.1) is 5.82 Å². The number of benzene rings is 2. The highest BCUT2D eigenvalue weighted by Crippen LogP contribution is 2.27. The minimum absolute atomic E-state index is 0.0131. The first-order valence-corrected chi connectivity index (χ1v) is 12.7. The zero-order valence-electron chi connectivity index (χ0n) is 18.7. The van der Waals surface area contributed by atoms with Gasteiger partial charge in [0.1, 0.15) is 18.4 Å². The second-order valence-electron chi connectivity index (χ2n) is 7.81. The van der Waals surface area contributed by atoms with Gasteiger partial charge in [-0.15, -0.1) is 0 Å². The molecule has 0 spiro atoms. The Hall–Kier alpha value is -2.36. The van der Waals surface area contributed by atoms with Gasteiger partial charge in [0.25, 0.3) is 0 Å². The predicted molar refractivity (Wildman–Crippen MR) is 128 cm³/mol. The van der Waals surface area contributed by atoms with Crippen molar-refractivity contribution in [3.63, 3.8) is 0 Å². The van der Waals surface area contributed by atoms with Gasteiger partial charge in [0.05, 0.1) is 11.9 Å². The molecule has 0 aliphatic heterocycles. The number of rotatable bonds is 9. The third-order valence-electron chi connectivity index (χ3n) is 4.76. The smallest absolute Gasteiger partial charge is 0.244 e. The number of carbonyl (C=O) groups is 2. The fourth-order valence-corrected chi connectivity index (χ4v) is 4.44. The first kappa shape index (κ1) is 26.9. The van der Waals surface area contributed by atoms with Gasteiger partial charge in [-0.05, 0) is 51.1 Å². The topological polar surface area (TPSA) is 86.8 Å². The van der Waals surface area contributed by atoms with Crippen LogP contribution in [0.5, 0.6) is 0 Å². The van der Waals surface area contributed by atoms with Gasteiger partial charge in [-0.2, -0.15) is 0 Å². The van der Waals surface area contributed by atoms with Crippen molar-refractivity contribution < 1.29 is 22.4 Å². The number of halogens is 3. The quantitative estimate of drug-likeness (QED) is 0.547. The average molecular weight is 518 g/mol. The molecule has 1 atom stereocenters. The number of hydrogen-bond acceptors (Lipinski definition) is 4. The summed E-state index contributed by atoms with van der Waals surface area (Å²) in [5.41, 5.74) is 0.399. The standard InChI is InChI=1S/C22H26Cl2FN3O4S/c1-14(2)26-22(30)15(3)27(12-18-19(23)9-6-10-20(18)24)21(29)13-28(33(4,31)32)17-8-5-7-16(25)11-17/h5-11,14-15H,12-13H2,1-4H3,(H,26,30)/t15-/m0/s1. The van der Waals surface area contributed by atoms with E-state index in [-0.39, 0.29) is 18.3 Å². The third-order valence-corrected chi connectivity index (χ3v) is 6.61. The molecule has 7 nitrogen and oxygen atoms in total. The van der Waals surface area contributed by atoms with Crippen LogP contribution in [0.3, 0.4) is 0 Å². The van der Waals surface area contributed by atoms with Crippen LogP contribution in [0.2, 0.25) is 10.0 Å². The Morgan fingerprint density at radius 3 is 2.15 bits per heavy atom. The maximum absolute atomic E-state index is 13.7. The van der Waals surface area contributed by atoms with Crippen LogP contribution >= 0.6 is 23.2 Å². The maximum atomic E-state index is 13.7. The second-order valence-corrected chi connectivity index (χ2v) is 10.5. The van der Waals surface area contributed by atoms with Crippen molar-refractivity contribution in [2.24, 2.45) is 0 Å². The molecule has 0 aliphatic rings. The summed E-state index contributed by atoms with van der Waals surface area (Å²) < 4.78 is 39.4. The first-order chi connectivity index (χ1) is 15.3. The monoisotopic (exact) mass is 517 g/mol. The molecule has 0 fully saturated rings. The lowest BCUT2D eigenvalue weighted by atomic mass is 10.1. The van der Waals surface area contributed by atoms with Crippen molar-refractivity contribution in [2.45, 2.75) is 39.4 Å². The largest absolute Gasteiger partial charge is 0.352 e. The summed E-state index contributed by atoms with van der Waals surface area (Å²) in [6.45, 7) is 4.29. The first-order valence-electron chi connectivity index (χ1n) is 10.1. The summed E-state index contributed by atoms with van der Waals surface area (Å²) in [5, 5.41) is 3.32. The fourth-order valence-electron chi connectivity index (χ4n) is 3.09. The van der Waals surface area contributed by atoms with Gasteiger partial charge in [-0.1, -0.05) is 35.3 Å². The Morgan fingerprint density at radius 1 is 1.06 bits per heavy atom. The van der Waals surface area contributed by atoms with Gasteiger partial charge >= 0.3 is 0 Å². The summed E-state index contributed by atoms with van der Waals surface area (Å²) >= 11 is 12.5. The summed E-state index contributed by atoms with van der Waals surface area (Å²) in [5.74, 6) is -1.77. The normalized spacial score (nSPS) is 12.4. The Balaban J connectivity index is 2.45. The molecule has 2 aromatic carbocycles. The highest BCUT2D eigenvalue weighted by molar-refractivity contribution is 7.92. The van der Waals surface area contributed by atoms with E-state index in [0.29, 0.717) is 15.6 Å². The lowest BCUT2D eigenvalue weighted by Crippen LogP contribution is -2.52. The van der Waals surface area contributed by atoms with Gasteiger partial charge < -0.3 is 10.2 Å². The molecule has 0 heterocycles.